The molecule has 68 valence electrons. The van der Waals surface area contributed by atoms with Gasteiger partial charge in [-0.1, -0.05) is 0 Å². The highest BCUT2D eigenvalue weighted by molar-refractivity contribution is 8.00. The minimum atomic E-state index is 0.387. The van der Waals surface area contributed by atoms with Crippen molar-refractivity contribution in [3.8, 4) is 0 Å². The Morgan fingerprint density at radius 2 is 1.91 bits per heavy atom. The first-order valence-corrected chi connectivity index (χ1v) is 6.49. The first kappa shape index (κ1) is 11.7. The average molecular weight is 193 g/mol. The van der Waals surface area contributed by atoms with Crippen LogP contribution in [0.4, 0.5) is 0 Å². The number of hydrogen-bond donors (Lipinski definition) is 1. The van der Waals surface area contributed by atoms with Crippen LogP contribution < -0.4 is 5.32 Å². The highest BCUT2D eigenvalue weighted by Gasteiger charge is 2.13. The summed E-state index contributed by atoms with van der Waals surface area (Å²) in [5.41, 5.74) is 0. The van der Waals surface area contributed by atoms with Gasteiger partial charge in [-0.25, -0.2) is 0 Å². The molecule has 11 heavy (non-hydrogen) atoms. The summed E-state index contributed by atoms with van der Waals surface area (Å²) in [6.07, 6.45) is 4.30. The van der Waals surface area contributed by atoms with Crippen molar-refractivity contribution in [1.29, 1.82) is 0 Å². The Kier molecular flexibility index (Phi) is 6.58. The van der Waals surface area contributed by atoms with E-state index >= 15 is 0 Å². The Labute approximate surface area is 79.1 Å². The largest absolute Gasteiger partial charge is 0.315 e. The van der Waals surface area contributed by atoms with Crippen LogP contribution in [-0.2, 0) is 0 Å². The van der Waals surface area contributed by atoms with E-state index in [1.165, 1.54) is 5.75 Å². The monoisotopic (exact) mass is 193 g/mol. The fraction of sp³-hybridized carbons (Fsp3) is 1.00. The van der Waals surface area contributed by atoms with E-state index in [9.17, 15) is 0 Å². The zero-order valence-corrected chi connectivity index (χ0v) is 9.57. The van der Waals surface area contributed by atoms with Crippen molar-refractivity contribution < 1.29 is 0 Å². The summed E-state index contributed by atoms with van der Waals surface area (Å²) in [4.78, 5) is 0. The van der Waals surface area contributed by atoms with Crippen molar-refractivity contribution in [3.05, 3.63) is 0 Å². The van der Waals surface area contributed by atoms with Crippen LogP contribution >= 0.6 is 23.5 Å². The highest BCUT2D eigenvalue weighted by Crippen LogP contribution is 2.19. The van der Waals surface area contributed by atoms with Crippen molar-refractivity contribution in [1.82, 2.24) is 5.32 Å². The Hall–Kier alpha value is 0.660. The minimum Gasteiger partial charge on any atom is -0.315 e. The predicted octanol–water partition coefficient (Wildman–Crippen LogP) is 2.08. The molecule has 0 saturated carbocycles. The maximum atomic E-state index is 3.44. The molecular weight excluding hydrogens is 174 g/mol. The van der Waals surface area contributed by atoms with E-state index in [1.807, 2.05) is 23.5 Å². The molecule has 0 heterocycles. The summed E-state index contributed by atoms with van der Waals surface area (Å²) in [7, 11) is 0. The van der Waals surface area contributed by atoms with Gasteiger partial charge in [0, 0.05) is 23.6 Å². The topological polar surface area (TPSA) is 12.0 Å². The summed E-state index contributed by atoms with van der Waals surface area (Å²) < 4.78 is 0.387. The first-order valence-electron chi connectivity index (χ1n) is 3.87. The van der Waals surface area contributed by atoms with Crippen LogP contribution in [0.25, 0.3) is 0 Å². The van der Waals surface area contributed by atoms with Crippen LogP contribution in [0.1, 0.15) is 13.8 Å². The maximum absolute atomic E-state index is 3.44. The minimum absolute atomic E-state index is 0.387. The lowest BCUT2D eigenvalue weighted by Crippen LogP contribution is -2.33. The third kappa shape index (κ3) is 7.04. The molecule has 1 nitrogen and oxygen atoms in total. The molecule has 0 saturated heterocycles. The van der Waals surface area contributed by atoms with Gasteiger partial charge in [-0.3, -0.25) is 0 Å². The van der Waals surface area contributed by atoms with Gasteiger partial charge in [0.05, 0.1) is 0 Å². The van der Waals surface area contributed by atoms with Gasteiger partial charge in [0.25, 0.3) is 0 Å². The quantitative estimate of drug-likeness (QED) is 0.649. The maximum Gasteiger partial charge on any atom is 0.0225 e. The summed E-state index contributed by atoms with van der Waals surface area (Å²) in [5, 5.41) is 3.44. The van der Waals surface area contributed by atoms with Crippen LogP contribution in [-0.4, -0.2) is 36.1 Å². The van der Waals surface area contributed by atoms with E-state index in [2.05, 4.69) is 31.7 Å². The molecule has 3 heteroatoms. The zero-order chi connectivity index (χ0) is 8.74. The van der Waals surface area contributed by atoms with Crippen LogP contribution in [0.5, 0.6) is 0 Å². The molecule has 0 aliphatic rings. The second-order valence-electron chi connectivity index (χ2n) is 3.13. The SMILES string of the molecule is CSCCNCC(C)(C)SC. The summed E-state index contributed by atoms with van der Waals surface area (Å²) >= 11 is 3.81. The smallest absolute Gasteiger partial charge is 0.0225 e. The molecule has 0 aliphatic carbocycles. The molecule has 1 N–H and O–H groups in total. The number of thioether (sulfide) groups is 2. The Balaban J connectivity index is 3.23. The van der Waals surface area contributed by atoms with Gasteiger partial charge in [0.15, 0.2) is 0 Å². The Morgan fingerprint density at radius 1 is 1.27 bits per heavy atom. The van der Waals surface area contributed by atoms with E-state index in [0.29, 0.717) is 4.75 Å². The summed E-state index contributed by atoms with van der Waals surface area (Å²) in [6.45, 7) is 6.77. The molecule has 0 spiro atoms. The summed E-state index contributed by atoms with van der Waals surface area (Å²) in [5.74, 6) is 1.21. The molecular formula is C8H19NS2. The second-order valence-corrected chi connectivity index (χ2v) is 5.63. The third-order valence-corrected chi connectivity index (χ3v) is 3.45. The normalized spacial score (nSPS) is 12.0. The van der Waals surface area contributed by atoms with Gasteiger partial charge in [0.1, 0.15) is 0 Å². The predicted molar refractivity (Wildman–Crippen MR) is 58.8 cm³/mol. The molecule has 0 aromatic carbocycles. The molecule has 0 rings (SSSR count). The van der Waals surface area contributed by atoms with E-state index < -0.39 is 0 Å². The van der Waals surface area contributed by atoms with Crippen molar-refractivity contribution in [2.24, 2.45) is 0 Å². The van der Waals surface area contributed by atoms with Gasteiger partial charge in [-0.15, -0.1) is 0 Å². The molecule has 0 fully saturated rings. The standard InChI is InChI=1S/C8H19NS2/c1-8(2,11-4)7-9-5-6-10-3/h9H,5-7H2,1-4H3. The van der Waals surface area contributed by atoms with E-state index in [4.69, 9.17) is 0 Å². The molecule has 0 aromatic rings. The van der Waals surface area contributed by atoms with E-state index in [1.54, 1.807) is 0 Å². The molecule has 0 amide bonds. The van der Waals surface area contributed by atoms with Crippen LogP contribution in [0.3, 0.4) is 0 Å². The van der Waals surface area contributed by atoms with Crippen molar-refractivity contribution in [2.75, 3.05) is 31.4 Å². The average Bonchev–Trinajstić information content (AvgIpc) is 1.99. The molecule has 0 aliphatic heterocycles. The van der Waals surface area contributed by atoms with Gasteiger partial charge < -0.3 is 5.32 Å². The second kappa shape index (κ2) is 6.21. The first-order chi connectivity index (χ1) is 5.12. The lowest BCUT2D eigenvalue weighted by atomic mass is 10.2. The Morgan fingerprint density at radius 3 is 2.36 bits per heavy atom. The Bertz CT molecular complexity index is 94.1. The fourth-order valence-corrected chi connectivity index (χ4v) is 1.23. The van der Waals surface area contributed by atoms with Crippen molar-refractivity contribution >= 4 is 23.5 Å². The van der Waals surface area contributed by atoms with Crippen LogP contribution in [0, 0.1) is 0 Å². The number of nitrogens with one attached hydrogen (secondary N) is 1. The lowest BCUT2D eigenvalue weighted by Gasteiger charge is -2.22. The van der Waals surface area contributed by atoms with Crippen molar-refractivity contribution in [2.45, 2.75) is 18.6 Å². The van der Waals surface area contributed by atoms with Gasteiger partial charge in [-0.05, 0) is 26.4 Å². The lowest BCUT2D eigenvalue weighted by molar-refractivity contribution is 0.610. The van der Waals surface area contributed by atoms with Crippen LogP contribution in [0.15, 0.2) is 0 Å². The third-order valence-electron chi connectivity index (χ3n) is 1.59. The van der Waals surface area contributed by atoms with Gasteiger partial charge in [-0.2, -0.15) is 23.5 Å². The van der Waals surface area contributed by atoms with Gasteiger partial charge >= 0.3 is 0 Å². The van der Waals surface area contributed by atoms with Gasteiger partial charge in [0.2, 0.25) is 0 Å². The zero-order valence-electron chi connectivity index (χ0n) is 7.94. The molecule has 0 atom stereocenters. The fourth-order valence-electron chi connectivity index (χ4n) is 0.636. The number of hydrogen-bond acceptors (Lipinski definition) is 3. The van der Waals surface area contributed by atoms with Crippen LogP contribution in [0.2, 0.25) is 0 Å². The number of rotatable bonds is 6. The molecule has 0 aromatic heterocycles. The van der Waals surface area contributed by atoms with E-state index in [-0.39, 0.29) is 0 Å². The highest BCUT2D eigenvalue weighted by atomic mass is 32.2. The molecule has 0 unspecified atom stereocenters. The van der Waals surface area contributed by atoms with E-state index in [0.717, 1.165) is 13.1 Å². The molecule has 0 bridgehead atoms. The van der Waals surface area contributed by atoms with Crippen molar-refractivity contribution in [3.63, 3.8) is 0 Å². The molecule has 0 radical (unpaired) electrons. The summed E-state index contributed by atoms with van der Waals surface area (Å²) in [6, 6.07) is 0.